The Balaban J connectivity index is 3.73. The first kappa shape index (κ1) is 90.7. The minimum atomic E-state index is -4.39. The summed E-state index contributed by atoms with van der Waals surface area (Å²) >= 11 is 0. The highest BCUT2D eigenvalue weighted by atomic mass is 31.2. The molecular weight excluding hydrogens is 1170 g/mol. The second-order valence-electron chi connectivity index (χ2n) is 27.6. The summed E-state index contributed by atoms with van der Waals surface area (Å²) in [6, 6.07) is 0. The van der Waals surface area contributed by atoms with Gasteiger partial charge >= 0.3 is 19.8 Å². The zero-order chi connectivity index (χ0) is 67.2. The molecule has 2 atom stereocenters. The number of phosphoric acid groups is 1. The van der Waals surface area contributed by atoms with E-state index in [2.05, 4.69) is 74.6 Å². The summed E-state index contributed by atoms with van der Waals surface area (Å²) in [7, 11) is -4.39. The van der Waals surface area contributed by atoms with Crippen LogP contribution >= 0.6 is 7.82 Å². The van der Waals surface area contributed by atoms with Crippen LogP contribution in [0.1, 0.15) is 425 Å². The third kappa shape index (κ3) is 78.6. The molecule has 0 spiro atoms. The average Bonchev–Trinajstić information content (AvgIpc) is 3.49. The van der Waals surface area contributed by atoms with Crippen LogP contribution in [0.3, 0.4) is 0 Å². The maximum Gasteiger partial charge on any atom is 0.472 e. The number of hydrogen-bond acceptors (Lipinski definition) is 8. The van der Waals surface area contributed by atoms with Gasteiger partial charge in [-0.2, -0.15) is 0 Å². The van der Waals surface area contributed by atoms with Crippen LogP contribution in [0.4, 0.5) is 0 Å². The van der Waals surface area contributed by atoms with Gasteiger partial charge in [-0.3, -0.25) is 18.6 Å². The normalized spacial score (nSPS) is 13.1. The number of esters is 2. The van der Waals surface area contributed by atoms with Gasteiger partial charge in [0.15, 0.2) is 6.10 Å². The fraction of sp³-hybridized carbons (Fsp3) is 0.855. The van der Waals surface area contributed by atoms with Crippen molar-refractivity contribution in [1.82, 2.24) is 0 Å². The number of phosphoric ester groups is 1. The van der Waals surface area contributed by atoms with E-state index in [0.29, 0.717) is 6.42 Å². The zero-order valence-electron chi connectivity index (χ0n) is 61.8. The standard InChI is InChI=1S/C83H156NO8P/c1-3-5-7-9-11-13-15-17-19-21-23-25-27-29-31-33-35-36-37-38-39-40-41-42-43-44-46-48-50-52-54-56-58-60-62-64-66-68-70-72-74-76-83(86)92-81(80-91-93(87,88)90-78-77-84)79-89-82(85)75-73-71-69-67-65-63-61-59-57-55-53-51-49-47-45-34-32-30-28-26-24-22-20-18-16-14-12-10-8-6-4-2/h5,7,11,13,17,19,23,25,29,31,81H,3-4,6,8-10,12,14-16,18,20-22,24,26-28,30,32-80,84H2,1-2H3,(H,87,88)/b7-5-,13-11-,19-17-,25-23-,31-29-. The van der Waals surface area contributed by atoms with Gasteiger partial charge in [-0.25, -0.2) is 4.57 Å². The van der Waals surface area contributed by atoms with Gasteiger partial charge in [-0.05, 0) is 57.8 Å². The van der Waals surface area contributed by atoms with Crippen LogP contribution in [-0.2, 0) is 32.7 Å². The lowest BCUT2D eigenvalue weighted by molar-refractivity contribution is -0.161. The third-order valence-corrected chi connectivity index (χ3v) is 19.4. The summed E-state index contributed by atoms with van der Waals surface area (Å²) in [4.78, 5) is 35.5. The van der Waals surface area contributed by atoms with E-state index >= 15 is 0 Å². The molecule has 0 aliphatic rings. The highest BCUT2D eigenvalue weighted by molar-refractivity contribution is 7.47. The monoisotopic (exact) mass is 1330 g/mol. The summed E-state index contributed by atoms with van der Waals surface area (Å²) in [5.74, 6) is -0.800. The fourth-order valence-electron chi connectivity index (χ4n) is 12.4. The number of nitrogens with two attached hydrogens (primary N) is 1. The molecule has 0 saturated heterocycles. The summed E-state index contributed by atoms with van der Waals surface area (Å²) in [6.07, 6.45) is 104. The predicted molar refractivity (Wildman–Crippen MR) is 404 cm³/mol. The van der Waals surface area contributed by atoms with Crippen LogP contribution < -0.4 is 5.73 Å². The maximum absolute atomic E-state index is 12.8. The number of carbonyl (C=O) groups excluding carboxylic acids is 2. The molecule has 0 amide bonds. The molecule has 93 heavy (non-hydrogen) atoms. The van der Waals surface area contributed by atoms with Gasteiger partial charge < -0.3 is 20.1 Å². The first-order chi connectivity index (χ1) is 45.8. The van der Waals surface area contributed by atoms with Crippen LogP contribution in [0.25, 0.3) is 0 Å². The van der Waals surface area contributed by atoms with E-state index in [-0.39, 0.29) is 38.6 Å². The molecule has 0 fully saturated rings. The van der Waals surface area contributed by atoms with E-state index < -0.39 is 26.5 Å². The molecule has 0 aromatic carbocycles. The Morgan fingerprint density at radius 2 is 0.591 bits per heavy atom. The largest absolute Gasteiger partial charge is 0.472 e. The first-order valence-corrected chi connectivity index (χ1v) is 42.3. The SMILES string of the molecule is CC/C=C\C/C=C\C/C=C\C/C=C\C/C=C\CCCCCCCCCCCCCCCCCCCCCCCCCCCC(=O)OC(COC(=O)CCCCCCCCCCCCCCCCCCCCCCCCCCCCCCCCC)COP(=O)(O)OCCN. The molecule has 0 saturated carbocycles. The third-order valence-electron chi connectivity index (χ3n) is 18.4. The molecule has 0 radical (unpaired) electrons. The van der Waals surface area contributed by atoms with Crippen LogP contribution in [0.15, 0.2) is 60.8 Å². The van der Waals surface area contributed by atoms with E-state index in [9.17, 15) is 19.0 Å². The Labute approximate surface area is 578 Å². The van der Waals surface area contributed by atoms with Crippen molar-refractivity contribution in [3.8, 4) is 0 Å². The highest BCUT2D eigenvalue weighted by Gasteiger charge is 2.26. The number of ether oxygens (including phenoxy) is 2. The van der Waals surface area contributed by atoms with Gasteiger partial charge in [0.1, 0.15) is 6.61 Å². The minimum absolute atomic E-state index is 0.0563. The minimum Gasteiger partial charge on any atom is -0.462 e. The van der Waals surface area contributed by atoms with Crippen molar-refractivity contribution >= 4 is 19.8 Å². The number of unbranched alkanes of at least 4 members (excludes halogenated alkanes) is 55. The van der Waals surface area contributed by atoms with Crippen molar-refractivity contribution < 1.29 is 37.6 Å². The molecule has 0 bridgehead atoms. The van der Waals surface area contributed by atoms with Crippen molar-refractivity contribution in [1.29, 1.82) is 0 Å². The molecule has 546 valence electrons. The average molecular weight is 1330 g/mol. The number of hydrogen-bond donors (Lipinski definition) is 2. The lowest BCUT2D eigenvalue weighted by Gasteiger charge is -2.19. The van der Waals surface area contributed by atoms with Gasteiger partial charge in [-0.15, -0.1) is 0 Å². The number of carbonyl (C=O) groups is 2. The van der Waals surface area contributed by atoms with Gasteiger partial charge in [-0.1, -0.05) is 415 Å². The van der Waals surface area contributed by atoms with E-state index in [0.717, 1.165) is 64.2 Å². The number of allylic oxidation sites excluding steroid dienone is 10. The summed E-state index contributed by atoms with van der Waals surface area (Å²) in [5, 5.41) is 0. The molecular formula is C83H156NO8P. The zero-order valence-corrected chi connectivity index (χ0v) is 62.7. The van der Waals surface area contributed by atoms with Gasteiger partial charge in [0.05, 0.1) is 13.2 Å². The smallest absolute Gasteiger partial charge is 0.462 e. The number of rotatable bonds is 78. The second-order valence-corrected chi connectivity index (χ2v) is 29.1. The van der Waals surface area contributed by atoms with E-state index in [4.69, 9.17) is 24.3 Å². The van der Waals surface area contributed by atoms with Crippen LogP contribution in [0.5, 0.6) is 0 Å². The summed E-state index contributed by atoms with van der Waals surface area (Å²) in [5.41, 5.74) is 5.42. The molecule has 0 heterocycles. The van der Waals surface area contributed by atoms with Crippen molar-refractivity contribution in [2.75, 3.05) is 26.4 Å². The topological polar surface area (TPSA) is 134 Å². The van der Waals surface area contributed by atoms with E-state index in [1.807, 2.05) is 0 Å². The van der Waals surface area contributed by atoms with Crippen LogP contribution in [0, 0.1) is 0 Å². The lowest BCUT2D eigenvalue weighted by Crippen LogP contribution is -2.29. The lowest BCUT2D eigenvalue weighted by atomic mass is 10.0. The van der Waals surface area contributed by atoms with Gasteiger partial charge in [0.2, 0.25) is 0 Å². The first-order valence-electron chi connectivity index (χ1n) is 40.8. The summed E-state index contributed by atoms with van der Waals surface area (Å²) in [6.45, 7) is 3.72. The Bertz CT molecular complexity index is 1710. The molecule has 0 aliphatic carbocycles. The Morgan fingerprint density at radius 3 is 0.882 bits per heavy atom. The van der Waals surface area contributed by atoms with Crippen molar-refractivity contribution in [2.24, 2.45) is 5.73 Å². The molecule has 2 unspecified atom stereocenters. The van der Waals surface area contributed by atoms with Crippen LogP contribution in [-0.4, -0.2) is 49.3 Å². The highest BCUT2D eigenvalue weighted by Crippen LogP contribution is 2.43. The predicted octanol–water partition coefficient (Wildman–Crippen LogP) is 27.3. The second kappa shape index (κ2) is 78.7. The quantitative estimate of drug-likeness (QED) is 0.0264. The maximum atomic E-state index is 12.8. The van der Waals surface area contributed by atoms with Gasteiger partial charge in [0, 0.05) is 19.4 Å². The Hall–Kier alpha value is -2.29. The van der Waals surface area contributed by atoms with Crippen molar-refractivity contribution in [3.05, 3.63) is 60.8 Å². The molecule has 3 N–H and O–H groups in total. The van der Waals surface area contributed by atoms with Crippen LogP contribution in [0.2, 0.25) is 0 Å². The van der Waals surface area contributed by atoms with E-state index in [1.165, 1.54) is 327 Å². The van der Waals surface area contributed by atoms with Crippen molar-refractivity contribution in [3.63, 3.8) is 0 Å². The summed E-state index contributed by atoms with van der Waals surface area (Å²) < 4.78 is 33.3. The van der Waals surface area contributed by atoms with Crippen molar-refractivity contribution in [2.45, 2.75) is 431 Å². The Morgan fingerprint density at radius 1 is 0.333 bits per heavy atom. The van der Waals surface area contributed by atoms with E-state index in [1.54, 1.807) is 0 Å². The molecule has 0 aromatic heterocycles. The van der Waals surface area contributed by atoms with Gasteiger partial charge in [0.25, 0.3) is 0 Å². The Kier molecular flexibility index (Phi) is 76.8. The fourth-order valence-corrected chi connectivity index (χ4v) is 13.2. The molecule has 0 aromatic rings. The molecule has 10 heteroatoms. The molecule has 0 aliphatic heterocycles. The molecule has 9 nitrogen and oxygen atoms in total. The molecule has 0 rings (SSSR count).